The zero-order valence-corrected chi connectivity index (χ0v) is 10.8. The van der Waals surface area contributed by atoms with Gasteiger partial charge in [0.25, 0.3) is 0 Å². The van der Waals surface area contributed by atoms with E-state index >= 15 is 0 Å². The number of nitrogen functional groups attached to an aromatic ring is 1. The van der Waals surface area contributed by atoms with Crippen LogP contribution in [0, 0.1) is 17.0 Å². The molecule has 19 heavy (non-hydrogen) atoms. The van der Waals surface area contributed by atoms with E-state index in [1.807, 2.05) is 0 Å². The highest BCUT2D eigenvalue weighted by Crippen LogP contribution is 2.33. The molecule has 0 aliphatic rings. The van der Waals surface area contributed by atoms with Gasteiger partial charge >= 0.3 is 11.4 Å². The zero-order chi connectivity index (χ0) is 14.2. The number of rotatable bonds is 3. The average molecular weight is 283 g/mol. The molecule has 0 fully saturated rings. The molecule has 0 spiro atoms. The van der Waals surface area contributed by atoms with E-state index in [0.717, 1.165) is 11.8 Å². The summed E-state index contributed by atoms with van der Waals surface area (Å²) in [6, 6.07) is 0. The molecule has 0 aliphatic heterocycles. The van der Waals surface area contributed by atoms with Crippen molar-refractivity contribution < 1.29 is 4.92 Å². The molecule has 0 aromatic carbocycles. The van der Waals surface area contributed by atoms with E-state index < -0.39 is 10.6 Å². The molecule has 0 unspecified atom stereocenters. The number of nitrogens with two attached hydrogens (primary N) is 1. The number of aromatic amines is 1. The highest BCUT2D eigenvalue weighted by Gasteiger charge is 2.24. The molecule has 0 bridgehead atoms. The Balaban J connectivity index is 2.53. The van der Waals surface area contributed by atoms with Crippen molar-refractivity contribution in [3.63, 3.8) is 0 Å². The quantitative estimate of drug-likeness (QED) is 0.449. The van der Waals surface area contributed by atoms with Gasteiger partial charge in [-0.1, -0.05) is 0 Å². The molecule has 100 valence electrons. The molecule has 0 radical (unpaired) electrons. The van der Waals surface area contributed by atoms with Crippen molar-refractivity contribution in [2.24, 2.45) is 7.05 Å². The Morgan fingerprint density at radius 2 is 2.16 bits per heavy atom. The number of aromatic nitrogens is 5. The smallest absolute Gasteiger partial charge is 0.343 e. The number of nitrogens with zero attached hydrogens (tertiary/aromatic N) is 5. The molecule has 2 aromatic heterocycles. The minimum atomic E-state index is -0.595. The molecule has 3 N–H and O–H groups in total. The van der Waals surface area contributed by atoms with E-state index in [0.29, 0.717) is 0 Å². The van der Waals surface area contributed by atoms with Crippen molar-refractivity contribution in [2.75, 3.05) is 5.73 Å². The molecule has 11 heteroatoms. The highest BCUT2D eigenvalue weighted by molar-refractivity contribution is 7.99. The second-order valence-corrected chi connectivity index (χ2v) is 4.51. The van der Waals surface area contributed by atoms with Gasteiger partial charge in [-0.15, -0.1) is 5.10 Å². The van der Waals surface area contributed by atoms with Gasteiger partial charge in [0.2, 0.25) is 5.95 Å². The lowest BCUT2D eigenvalue weighted by atomic mass is 10.4. The van der Waals surface area contributed by atoms with Gasteiger partial charge in [-0.3, -0.25) is 14.7 Å². The van der Waals surface area contributed by atoms with Gasteiger partial charge in [0.05, 0.1) is 4.92 Å². The first kappa shape index (κ1) is 13.0. The van der Waals surface area contributed by atoms with E-state index in [1.54, 1.807) is 0 Å². The van der Waals surface area contributed by atoms with Crippen LogP contribution in [0.2, 0.25) is 0 Å². The Morgan fingerprint density at radius 1 is 1.47 bits per heavy atom. The number of hydrogen-bond donors (Lipinski definition) is 2. The monoisotopic (exact) mass is 283 g/mol. The third-order valence-corrected chi connectivity index (χ3v) is 3.28. The molecule has 2 aromatic rings. The summed E-state index contributed by atoms with van der Waals surface area (Å²) in [7, 11) is 1.48. The van der Waals surface area contributed by atoms with Crippen LogP contribution in [0.15, 0.2) is 15.0 Å². The van der Waals surface area contributed by atoms with Gasteiger partial charge in [0.15, 0.2) is 10.2 Å². The Kier molecular flexibility index (Phi) is 3.21. The SMILES string of the molecule is Cc1nc(N)nc(Sc2n[nH]c(=O)n2C)c1[N+](=O)[O-]. The minimum absolute atomic E-state index is 0.0390. The number of nitro groups is 1. The van der Waals surface area contributed by atoms with E-state index in [-0.39, 0.29) is 27.5 Å². The lowest BCUT2D eigenvalue weighted by Crippen LogP contribution is -2.13. The average Bonchev–Trinajstić information content (AvgIpc) is 2.59. The topological polar surface area (TPSA) is 146 Å². The van der Waals surface area contributed by atoms with Gasteiger partial charge in [0, 0.05) is 7.05 Å². The lowest BCUT2D eigenvalue weighted by molar-refractivity contribution is -0.389. The van der Waals surface area contributed by atoms with Crippen molar-refractivity contribution >= 4 is 23.4 Å². The largest absolute Gasteiger partial charge is 0.368 e. The Bertz CT molecular complexity index is 707. The second-order valence-electron chi connectivity index (χ2n) is 3.55. The van der Waals surface area contributed by atoms with E-state index in [2.05, 4.69) is 20.2 Å². The molecule has 0 atom stereocenters. The summed E-state index contributed by atoms with van der Waals surface area (Å²) in [6.07, 6.45) is 0. The Labute approximate surface area is 110 Å². The molecular weight excluding hydrogens is 274 g/mol. The first-order valence-electron chi connectivity index (χ1n) is 4.98. The van der Waals surface area contributed by atoms with Crippen LogP contribution in [0.3, 0.4) is 0 Å². The lowest BCUT2D eigenvalue weighted by Gasteiger charge is -2.04. The number of nitrogens with one attached hydrogen (secondary N) is 1. The molecule has 0 aliphatic carbocycles. The summed E-state index contributed by atoms with van der Waals surface area (Å²) in [5.41, 5.74) is 4.94. The first-order chi connectivity index (χ1) is 8.90. The molecule has 2 heterocycles. The molecular formula is C8H9N7O3S. The van der Waals surface area contributed by atoms with Crippen LogP contribution in [-0.2, 0) is 7.05 Å². The first-order valence-corrected chi connectivity index (χ1v) is 5.79. The standard InChI is InChI=1S/C8H9N7O3S/c1-3-4(15(17)18)5(11-6(9)10-3)19-8-13-12-7(16)14(8)2/h1-2H3,(H,12,16)(H2,9,10,11). The van der Waals surface area contributed by atoms with Crippen molar-refractivity contribution in [3.05, 3.63) is 26.3 Å². The van der Waals surface area contributed by atoms with Crippen LogP contribution in [0.25, 0.3) is 0 Å². The second kappa shape index (κ2) is 4.68. The maximum Gasteiger partial charge on any atom is 0.343 e. The van der Waals surface area contributed by atoms with E-state index in [9.17, 15) is 14.9 Å². The van der Waals surface area contributed by atoms with Crippen molar-refractivity contribution in [3.8, 4) is 0 Å². The fourth-order valence-corrected chi connectivity index (χ4v) is 2.30. The van der Waals surface area contributed by atoms with E-state index in [4.69, 9.17) is 5.73 Å². The maximum absolute atomic E-state index is 11.2. The zero-order valence-electron chi connectivity index (χ0n) is 9.95. The summed E-state index contributed by atoms with van der Waals surface area (Å²) in [6.45, 7) is 1.46. The van der Waals surface area contributed by atoms with Crippen LogP contribution in [0.4, 0.5) is 11.6 Å². The summed E-state index contributed by atoms with van der Waals surface area (Å²) in [5.74, 6) is -0.0777. The van der Waals surface area contributed by atoms with Crippen LogP contribution >= 0.6 is 11.8 Å². The number of aryl methyl sites for hydroxylation is 1. The predicted molar refractivity (Wildman–Crippen MR) is 65.8 cm³/mol. The van der Waals surface area contributed by atoms with Gasteiger partial charge in [-0.05, 0) is 18.7 Å². The number of anilines is 1. The Hall–Kier alpha value is -2.43. The summed E-state index contributed by atoms with van der Waals surface area (Å²) >= 11 is 0.866. The van der Waals surface area contributed by atoms with Gasteiger partial charge < -0.3 is 5.73 Å². The summed E-state index contributed by atoms with van der Waals surface area (Å²) < 4.78 is 1.21. The molecule has 0 saturated heterocycles. The highest BCUT2D eigenvalue weighted by atomic mass is 32.2. The van der Waals surface area contributed by atoms with Crippen molar-refractivity contribution in [2.45, 2.75) is 17.1 Å². The normalized spacial score (nSPS) is 10.6. The Morgan fingerprint density at radius 3 is 2.68 bits per heavy atom. The van der Waals surface area contributed by atoms with Crippen molar-refractivity contribution in [1.29, 1.82) is 0 Å². The molecule has 0 saturated carbocycles. The molecule has 10 nitrogen and oxygen atoms in total. The summed E-state index contributed by atoms with van der Waals surface area (Å²) in [4.78, 5) is 29.2. The van der Waals surface area contributed by atoms with Crippen LogP contribution in [0.1, 0.15) is 5.69 Å². The van der Waals surface area contributed by atoms with E-state index in [1.165, 1.54) is 18.5 Å². The van der Waals surface area contributed by atoms with Gasteiger partial charge in [0.1, 0.15) is 5.69 Å². The van der Waals surface area contributed by atoms with Gasteiger partial charge in [-0.25, -0.2) is 14.9 Å². The molecule has 0 amide bonds. The fraction of sp³-hybridized carbons (Fsp3) is 0.250. The maximum atomic E-state index is 11.2. The summed E-state index contributed by atoms with van der Waals surface area (Å²) in [5, 5.41) is 17.3. The van der Waals surface area contributed by atoms with Crippen molar-refractivity contribution in [1.82, 2.24) is 24.7 Å². The third kappa shape index (κ3) is 2.40. The van der Waals surface area contributed by atoms with Gasteiger partial charge in [-0.2, -0.15) is 4.98 Å². The molecule has 2 rings (SSSR count). The van der Waals surface area contributed by atoms with Crippen LogP contribution < -0.4 is 11.4 Å². The van der Waals surface area contributed by atoms with Crippen LogP contribution in [-0.4, -0.2) is 29.7 Å². The predicted octanol–water partition coefficient (Wildman–Crippen LogP) is -0.152. The number of H-pyrrole nitrogens is 1. The minimum Gasteiger partial charge on any atom is -0.368 e. The number of hydrogen-bond acceptors (Lipinski definition) is 8. The fourth-order valence-electron chi connectivity index (χ4n) is 1.35. The third-order valence-electron chi connectivity index (χ3n) is 2.25. The van der Waals surface area contributed by atoms with Crippen LogP contribution in [0.5, 0.6) is 0 Å².